The lowest BCUT2D eigenvalue weighted by atomic mass is 10.1. The van der Waals surface area contributed by atoms with E-state index in [2.05, 4.69) is 15.3 Å². The van der Waals surface area contributed by atoms with Crippen molar-refractivity contribution in [3.63, 3.8) is 0 Å². The van der Waals surface area contributed by atoms with Crippen LogP contribution in [-0.2, 0) is 0 Å². The maximum absolute atomic E-state index is 12.5. The van der Waals surface area contributed by atoms with Crippen molar-refractivity contribution in [2.24, 2.45) is 0 Å². The number of nitro benzene ring substituents is 1. The third-order valence-electron chi connectivity index (χ3n) is 3.96. The van der Waals surface area contributed by atoms with Gasteiger partial charge in [0.2, 0.25) is 0 Å². The molecule has 0 spiro atoms. The number of nitrogens with zero attached hydrogens (tertiary/aromatic N) is 2. The summed E-state index contributed by atoms with van der Waals surface area (Å²) in [5.74, 6) is 0.423. The number of imidazole rings is 1. The van der Waals surface area contributed by atoms with E-state index in [9.17, 15) is 14.9 Å². The zero-order chi connectivity index (χ0) is 17.8. The first-order valence-corrected chi connectivity index (χ1v) is 8.08. The summed E-state index contributed by atoms with van der Waals surface area (Å²) < 4.78 is 0. The van der Waals surface area contributed by atoms with Crippen LogP contribution in [0.5, 0.6) is 0 Å². The number of para-hydroxylation sites is 2. The van der Waals surface area contributed by atoms with Gasteiger partial charge in [-0.1, -0.05) is 25.5 Å². The fraction of sp³-hybridized carbons (Fsp3) is 0.222. The van der Waals surface area contributed by atoms with Crippen LogP contribution in [0, 0.1) is 10.1 Å². The topological polar surface area (TPSA) is 101 Å². The number of aromatic nitrogens is 2. The first-order chi connectivity index (χ1) is 12.1. The van der Waals surface area contributed by atoms with Gasteiger partial charge in [0.1, 0.15) is 5.82 Å². The first-order valence-electron chi connectivity index (χ1n) is 8.08. The number of aromatic amines is 1. The molecule has 0 aliphatic heterocycles. The Kier molecular flexibility index (Phi) is 4.74. The number of amides is 1. The zero-order valence-corrected chi connectivity index (χ0v) is 13.7. The Labute approximate surface area is 144 Å². The van der Waals surface area contributed by atoms with E-state index in [1.165, 1.54) is 24.3 Å². The fourth-order valence-electron chi connectivity index (χ4n) is 2.68. The van der Waals surface area contributed by atoms with E-state index in [0.717, 1.165) is 23.9 Å². The number of nitrogens with one attached hydrogen (secondary N) is 2. The van der Waals surface area contributed by atoms with Gasteiger partial charge in [-0.3, -0.25) is 14.9 Å². The maximum Gasteiger partial charge on any atom is 0.269 e. The van der Waals surface area contributed by atoms with Crippen molar-refractivity contribution in [2.45, 2.75) is 25.8 Å². The molecule has 0 saturated heterocycles. The Hall–Kier alpha value is -3.22. The molecule has 1 atom stereocenters. The molecule has 1 heterocycles. The third kappa shape index (κ3) is 3.65. The molecular formula is C18H18N4O3. The van der Waals surface area contributed by atoms with Crippen molar-refractivity contribution in [1.82, 2.24) is 15.3 Å². The summed E-state index contributed by atoms with van der Waals surface area (Å²) in [4.78, 5) is 30.5. The fourth-order valence-corrected chi connectivity index (χ4v) is 2.68. The molecule has 25 heavy (non-hydrogen) atoms. The minimum atomic E-state index is -0.490. The quantitative estimate of drug-likeness (QED) is 0.528. The van der Waals surface area contributed by atoms with Crippen LogP contribution in [0.15, 0.2) is 48.5 Å². The highest BCUT2D eigenvalue weighted by molar-refractivity contribution is 5.94. The Balaban J connectivity index is 1.81. The Morgan fingerprint density at radius 3 is 2.60 bits per heavy atom. The van der Waals surface area contributed by atoms with Gasteiger partial charge in [0.05, 0.1) is 22.0 Å². The first kappa shape index (κ1) is 16.6. The standard InChI is InChI=1S/C18H18N4O3/c1-2-5-16(17-19-14-6-3-4-7-15(14)20-17)21-18(23)12-8-10-13(11-9-12)22(24)25/h3-4,6-11,16H,2,5H2,1H3,(H,19,20)(H,21,23)/t16-/m0/s1. The van der Waals surface area contributed by atoms with E-state index in [-0.39, 0.29) is 17.6 Å². The van der Waals surface area contributed by atoms with Crippen LogP contribution in [0.3, 0.4) is 0 Å². The summed E-state index contributed by atoms with van der Waals surface area (Å²) in [7, 11) is 0. The van der Waals surface area contributed by atoms with Crippen molar-refractivity contribution >= 4 is 22.6 Å². The van der Waals surface area contributed by atoms with E-state index >= 15 is 0 Å². The summed E-state index contributed by atoms with van der Waals surface area (Å²) >= 11 is 0. The van der Waals surface area contributed by atoms with E-state index in [1.807, 2.05) is 31.2 Å². The average Bonchev–Trinajstić information content (AvgIpc) is 3.05. The van der Waals surface area contributed by atoms with Crippen molar-refractivity contribution < 1.29 is 9.72 Å². The Morgan fingerprint density at radius 1 is 1.24 bits per heavy atom. The van der Waals surface area contributed by atoms with E-state index in [1.54, 1.807) is 0 Å². The van der Waals surface area contributed by atoms with Gasteiger partial charge in [-0.25, -0.2) is 4.98 Å². The van der Waals surface area contributed by atoms with E-state index in [4.69, 9.17) is 0 Å². The number of non-ortho nitro benzene ring substituents is 1. The van der Waals surface area contributed by atoms with Crippen LogP contribution in [0.25, 0.3) is 11.0 Å². The molecule has 0 aliphatic carbocycles. The number of fused-ring (bicyclic) bond motifs is 1. The normalized spacial score (nSPS) is 12.0. The summed E-state index contributed by atoms with van der Waals surface area (Å²) in [5.41, 5.74) is 2.10. The second kappa shape index (κ2) is 7.12. The molecular weight excluding hydrogens is 320 g/mol. The van der Waals surface area contributed by atoms with Gasteiger partial charge in [-0.05, 0) is 30.7 Å². The number of carbonyl (C=O) groups is 1. The van der Waals surface area contributed by atoms with Crippen LogP contribution < -0.4 is 5.32 Å². The molecule has 2 N–H and O–H groups in total. The predicted octanol–water partition coefficient (Wildman–Crippen LogP) is 3.74. The summed E-state index contributed by atoms with van der Waals surface area (Å²) in [6.07, 6.45) is 1.61. The molecule has 1 aromatic heterocycles. The third-order valence-corrected chi connectivity index (χ3v) is 3.96. The number of carbonyl (C=O) groups excluding carboxylic acids is 1. The number of hydrogen-bond acceptors (Lipinski definition) is 4. The molecule has 0 radical (unpaired) electrons. The minimum absolute atomic E-state index is 0.0426. The van der Waals surface area contributed by atoms with E-state index < -0.39 is 4.92 Å². The molecule has 3 rings (SSSR count). The Morgan fingerprint density at radius 2 is 1.96 bits per heavy atom. The number of rotatable bonds is 6. The molecule has 1 amide bonds. The second-order valence-electron chi connectivity index (χ2n) is 5.76. The molecule has 0 saturated carbocycles. The number of hydrogen-bond donors (Lipinski definition) is 2. The van der Waals surface area contributed by atoms with Crippen molar-refractivity contribution in [3.05, 3.63) is 70.0 Å². The highest BCUT2D eigenvalue weighted by Gasteiger charge is 2.19. The largest absolute Gasteiger partial charge is 0.342 e. The number of benzene rings is 2. The lowest BCUT2D eigenvalue weighted by Crippen LogP contribution is -2.29. The lowest BCUT2D eigenvalue weighted by molar-refractivity contribution is -0.384. The molecule has 0 bridgehead atoms. The maximum atomic E-state index is 12.5. The smallest absolute Gasteiger partial charge is 0.269 e. The van der Waals surface area contributed by atoms with Crippen LogP contribution >= 0.6 is 0 Å². The second-order valence-corrected chi connectivity index (χ2v) is 5.76. The molecule has 0 aliphatic rings. The molecule has 0 unspecified atom stereocenters. The highest BCUT2D eigenvalue weighted by atomic mass is 16.6. The predicted molar refractivity (Wildman–Crippen MR) is 94.3 cm³/mol. The average molecular weight is 338 g/mol. The Bertz CT molecular complexity index is 869. The van der Waals surface area contributed by atoms with E-state index in [0.29, 0.717) is 11.4 Å². The minimum Gasteiger partial charge on any atom is -0.342 e. The molecule has 7 nitrogen and oxygen atoms in total. The van der Waals surface area contributed by atoms with Gasteiger partial charge in [0, 0.05) is 17.7 Å². The van der Waals surface area contributed by atoms with Gasteiger partial charge in [-0.2, -0.15) is 0 Å². The van der Waals surface area contributed by atoms with Gasteiger partial charge in [0.25, 0.3) is 11.6 Å². The van der Waals surface area contributed by atoms with Gasteiger partial charge in [0.15, 0.2) is 0 Å². The van der Waals surface area contributed by atoms with Crippen LogP contribution in [0.1, 0.15) is 42.0 Å². The number of nitro groups is 1. The summed E-state index contributed by atoms with van der Waals surface area (Å²) in [5, 5.41) is 13.7. The molecule has 128 valence electrons. The number of H-pyrrole nitrogens is 1. The highest BCUT2D eigenvalue weighted by Crippen LogP contribution is 2.20. The van der Waals surface area contributed by atoms with Gasteiger partial charge >= 0.3 is 0 Å². The lowest BCUT2D eigenvalue weighted by Gasteiger charge is -2.16. The zero-order valence-electron chi connectivity index (χ0n) is 13.7. The summed E-state index contributed by atoms with van der Waals surface area (Å²) in [6.45, 7) is 2.04. The SMILES string of the molecule is CCC[C@H](NC(=O)c1ccc([N+](=O)[O-])cc1)c1nc2ccccc2[nH]1. The monoisotopic (exact) mass is 338 g/mol. The van der Waals surface area contributed by atoms with Crippen molar-refractivity contribution in [2.75, 3.05) is 0 Å². The van der Waals surface area contributed by atoms with Crippen LogP contribution in [-0.4, -0.2) is 20.8 Å². The van der Waals surface area contributed by atoms with Crippen molar-refractivity contribution in [1.29, 1.82) is 0 Å². The molecule has 0 fully saturated rings. The molecule has 7 heteroatoms. The summed E-state index contributed by atoms with van der Waals surface area (Å²) in [6, 6.07) is 13.0. The molecule has 3 aromatic rings. The molecule has 2 aromatic carbocycles. The van der Waals surface area contributed by atoms with Crippen LogP contribution in [0.2, 0.25) is 0 Å². The van der Waals surface area contributed by atoms with Gasteiger partial charge < -0.3 is 10.3 Å². The van der Waals surface area contributed by atoms with Crippen LogP contribution in [0.4, 0.5) is 5.69 Å². The van der Waals surface area contributed by atoms with Gasteiger partial charge in [-0.15, -0.1) is 0 Å². The van der Waals surface area contributed by atoms with Crippen molar-refractivity contribution in [3.8, 4) is 0 Å².